The number of ether oxygens (including phenoxy) is 1. The van der Waals surface area contributed by atoms with Gasteiger partial charge in [0.2, 0.25) is 0 Å². The van der Waals surface area contributed by atoms with Crippen molar-refractivity contribution in [1.29, 1.82) is 0 Å². The zero-order chi connectivity index (χ0) is 17.6. The molecule has 25 heavy (non-hydrogen) atoms. The van der Waals surface area contributed by atoms with E-state index in [1.165, 1.54) is 6.33 Å². The average molecular weight is 375 g/mol. The maximum Gasteiger partial charge on any atom is 0.137 e. The van der Waals surface area contributed by atoms with Crippen LogP contribution < -0.4 is 15.4 Å². The summed E-state index contributed by atoms with van der Waals surface area (Å²) in [5, 5.41) is 7.70. The van der Waals surface area contributed by atoms with Crippen LogP contribution in [0.4, 0.5) is 17.3 Å². The van der Waals surface area contributed by atoms with Gasteiger partial charge in [0.25, 0.3) is 0 Å². The van der Waals surface area contributed by atoms with Gasteiger partial charge in [-0.05, 0) is 35.9 Å². The largest absolute Gasteiger partial charge is 0.495 e. The average Bonchev–Trinajstić information content (AvgIpc) is 2.62. The first-order chi connectivity index (χ1) is 12.1. The zero-order valence-electron chi connectivity index (χ0n) is 13.5. The van der Waals surface area contributed by atoms with Gasteiger partial charge in [-0.2, -0.15) is 0 Å². The fraction of sp³-hybridized carbons (Fsp3) is 0.111. The highest BCUT2D eigenvalue weighted by atomic mass is 35.5. The third-order valence-electron chi connectivity index (χ3n) is 3.48. The molecule has 0 unspecified atom stereocenters. The van der Waals surface area contributed by atoms with Gasteiger partial charge >= 0.3 is 0 Å². The molecule has 0 aliphatic heterocycles. The SMILES string of the molecule is COc1ccc(Nc2cc(NCc3ccc(Cl)cc3)ncn2)cc1Cl. The van der Waals surface area contributed by atoms with E-state index in [0.29, 0.717) is 29.0 Å². The molecular formula is C18H16Cl2N4O. The molecule has 0 aliphatic rings. The topological polar surface area (TPSA) is 59.1 Å². The Balaban J connectivity index is 1.66. The molecule has 7 heteroatoms. The van der Waals surface area contributed by atoms with Gasteiger partial charge in [0.05, 0.1) is 12.1 Å². The molecule has 2 aromatic carbocycles. The number of hydrogen-bond donors (Lipinski definition) is 2. The molecular weight excluding hydrogens is 359 g/mol. The van der Waals surface area contributed by atoms with E-state index in [1.54, 1.807) is 19.2 Å². The molecule has 2 N–H and O–H groups in total. The van der Waals surface area contributed by atoms with Crippen LogP contribution in [0.25, 0.3) is 0 Å². The molecule has 5 nitrogen and oxygen atoms in total. The summed E-state index contributed by atoms with van der Waals surface area (Å²) in [5.74, 6) is 2.00. The smallest absolute Gasteiger partial charge is 0.137 e. The van der Waals surface area contributed by atoms with Crippen LogP contribution >= 0.6 is 23.2 Å². The van der Waals surface area contributed by atoms with Gasteiger partial charge in [-0.1, -0.05) is 35.3 Å². The lowest BCUT2D eigenvalue weighted by Gasteiger charge is -2.10. The summed E-state index contributed by atoms with van der Waals surface area (Å²) < 4.78 is 5.15. The van der Waals surface area contributed by atoms with Crippen LogP contribution in [0.1, 0.15) is 5.56 Å². The molecule has 0 aliphatic carbocycles. The summed E-state index contributed by atoms with van der Waals surface area (Å²) in [6.45, 7) is 0.641. The number of halogens is 2. The Labute approximate surface area is 156 Å². The third kappa shape index (κ3) is 4.75. The number of aromatic nitrogens is 2. The lowest BCUT2D eigenvalue weighted by atomic mass is 10.2. The number of nitrogens with zero attached hydrogens (tertiary/aromatic N) is 2. The fourth-order valence-electron chi connectivity index (χ4n) is 2.21. The minimum atomic E-state index is 0.530. The molecule has 1 heterocycles. The minimum Gasteiger partial charge on any atom is -0.495 e. The Kier molecular flexibility index (Phi) is 5.58. The molecule has 0 atom stereocenters. The van der Waals surface area contributed by atoms with E-state index < -0.39 is 0 Å². The van der Waals surface area contributed by atoms with Crippen molar-refractivity contribution >= 4 is 40.5 Å². The molecule has 0 saturated carbocycles. The van der Waals surface area contributed by atoms with Crippen molar-refractivity contribution in [2.75, 3.05) is 17.7 Å². The van der Waals surface area contributed by atoms with Gasteiger partial charge in [-0.25, -0.2) is 9.97 Å². The normalized spacial score (nSPS) is 10.4. The van der Waals surface area contributed by atoms with Crippen LogP contribution in [0.2, 0.25) is 10.0 Å². The summed E-state index contributed by atoms with van der Waals surface area (Å²) in [6, 6.07) is 14.9. The summed E-state index contributed by atoms with van der Waals surface area (Å²) >= 11 is 12.0. The van der Waals surface area contributed by atoms with Crippen molar-refractivity contribution in [3.05, 3.63) is 70.5 Å². The van der Waals surface area contributed by atoms with Crippen molar-refractivity contribution in [3.63, 3.8) is 0 Å². The van der Waals surface area contributed by atoms with Crippen molar-refractivity contribution in [1.82, 2.24) is 9.97 Å². The summed E-state index contributed by atoms with van der Waals surface area (Å²) in [7, 11) is 1.58. The Morgan fingerprint density at radius 1 is 0.960 bits per heavy atom. The third-order valence-corrected chi connectivity index (χ3v) is 4.03. The predicted molar refractivity (Wildman–Crippen MR) is 102 cm³/mol. The summed E-state index contributed by atoms with van der Waals surface area (Å²) in [4.78, 5) is 8.44. The van der Waals surface area contributed by atoms with Crippen molar-refractivity contribution in [3.8, 4) is 5.75 Å². The van der Waals surface area contributed by atoms with E-state index in [4.69, 9.17) is 27.9 Å². The lowest BCUT2D eigenvalue weighted by molar-refractivity contribution is 0.415. The first-order valence-electron chi connectivity index (χ1n) is 7.55. The van der Waals surface area contributed by atoms with E-state index in [-0.39, 0.29) is 0 Å². The van der Waals surface area contributed by atoms with Crippen molar-refractivity contribution in [2.45, 2.75) is 6.54 Å². The fourth-order valence-corrected chi connectivity index (χ4v) is 2.59. The first kappa shape index (κ1) is 17.3. The quantitative estimate of drug-likeness (QED) is 0.624. The number of hydrogen-bond acceptors (Lipinski definition) is 5. The highest BCUT2D eigenvalue weighted by Gasteiger charge is 2.04. The molecule has 128 valence electrons. The highest BCUT2D eigenvalue weighted by molar-refractivity contribution is 6.32. The molecule has 0 fully saturated rings. The predicted octanol–water partition coefficient (Wildman–Crippen LogP) is 5.15. The minimum absolute atomic E-state index is 0.530. The monoisotopic (exact) mass is 374 g/mol. The maximum absolute atomic E-state index is 6.14. The Bertz CT molecular complexity index is 856. The summed E-state index contributed by atoms with van der Waals surface area (Å²) in [6.07, 6.45) is 1.50. The number of rotatable bonds is 6. The molecule has 0 amide bonds. The lowest BCUT2D eigenvalue weighted by Crippen LogP contribution is -2.03. The molecule has 3 rings (SSSR count). The van der Waals surface area contributed by atoms with Crippen molar-refractivity contribution in [2.24, 2.45) is 0 Å². The second-order valence-corrected chi connectivity index (χ2v) is 6.09. The molecule has 0 bridgehead atoms. The van der Waals surface area contributed by atoms with Gasteiger partial charge in [-0.3, -0.25) is 0 Å². The van der Waals surface area contributed by atoms with Gasteiger partial charge in [0.15, 0.2) is 0 Å². The van der Waals surface area contributed by atoms with E-state index >= 15 is 0 Å². The van der Waals surface area contributed by atoms with Crippen LogP contribution in [0.5, 0.6) is 5.75 Å². The van der Waals surface area contributed by atoms with E-state index in [2.05, 4.69) is 20.6 Å². The maximum atomic E-state index is 6.14. The zero-order valence-corrected chi connectivity index (χ0v) is 15.0. The van der Waals surface area contributed by atoms with E-state index in [0.717, 1.165) is 16.3 Å². The number of nitrogens with one attached hydrogen (secondary N) is 2. The van der Waals surface area contributed by atoms with Crippen LogP contribution in [0.15, 0.2) is 54.9 Å². The Morgan fingerprint density at radius 2 is 1.72 bits per heavy atom. The standard InChI is InChI=1S/C18H16Cl2N4O/c1-25-16-7-6-14(8-15(16)20)24-18-9-17(22-11-23-18)21-10-12-2-4-13(19)5-3-12/h2-9,11H,10H2,1H3,(H2,21,22,23,24). The second kappa shape index (κ2) is 8.05. The molecule has 3 aromatic rings. The van der Waals surface area contributed by atoms with Gasteiger partial charge in [0.1, 0.15) is 23.7 Å². The molecule has 1 aromatic heterocycles. The number of benzene rings is 2. The molecule has 0 spiro atoms. The van der Waals surface area contributed by atoms with Crippen LogP contribution in [-0.2, 0) is 6.54 Å². The Hall–Kier alpha value is -2.50. The van der Waals surface area contributed by atoms with Gasteiger partial charge in [0, 0.05) is 23.3 Å². The first-order valence-corrected chi connectivity index (χ1v) is 8.30. The van der Waals surface area contributed by atoms with Crippen molar-refractivity contribution < 1.29 is 4.74 Å². The van der Waals surface area contributed by atoms with Gasteiger partial charge < -0.3 is 15.4 Å². The van der Waals surface area contributed by atoms with Crippen LogP contribution in [-0.4, -0.2) is 17.1 Å². The van der Waals surface area contributed by atoms with E-state index in [9.17, 15) is 0 Å². The Morgan fingerprint density at radius 3 is 2.44 bits per heavy atom. The van der Waals surface area contributed by atoms with E-state index in [1.807, 2.05) is 36.4 Å². The number of methoxy groups -OCH3 is 1. The van der Waals surface area contributed by atoms with Crippen LogP contribution in [0.3, 0.4) is 0 Å². The second-order valence-electron chi connectivity index (χ2n) is 5.24. The highest BCUT2D eigenvalue weighted by Crippen LogP contribution is 2.28. The molecule has 0 saturated heterocycles. The molecule has 0 radical (unpaired) electrons. The number of anilines is 3. The summed E-state index contributed by atoms with van der Waals surface area (Å²) in [5.41, 5.74) is 1.92. The van der Waals surface area contributed by atoms with Gasteiger partial charge in [-0.15, -0.1) is 0 Å². The van der Waals surface area contributed by atoms with Crippen LogP contribution in [0, 0.1) is 0 Å².